The molecule has 0 saturated carbocycles. The third kappa shape index (κ3) is 3.32. The molecule has 152 valence electrons. The summed E-state index contributed by atoms with van der Waals surface area (Å²) in [4.78, 5) is 13.9. The molecule has 1 aliphatic heterocycles. The van der Waals surface area contributed by atoms with Gasteiger partial charge < -0.3 is 14.5 Å². The zero-order chi connectivity index (χ0) is 20.5. The molecule has 0 bridgehead atoms. The highest BCUT2D eigenvalue weighted by Gasteiger charge is 2.20. The van der Waals surface area contributed by atoms with Crippen LogP contribution >= 0.6 is 0 Å². The minimum Gasteiger partial charge on any atom is -0.481 e. The molecule has 1 N–H and O–H groups in total. The van der Waals surface area contributed by atoms with Gasteiger partial charge in [-0.05, 0) is 36.8 Å². The number of anilines is 2. The van der Waals surface area contributed by atoms with Gasteiger partial charge in [0.25, 0.3) is 0 Å². The van der Waals surface area contributed by atoms with Crippen LogP contribution in [0.1, 0.15) is 5.69 Å². The molecule has 4 aromatic rings. The Kier molecular flexibility index (Phi) is 4.71. The van der Waals surface area contributed by atoms with E-state index in [2.05, 4.69) is 54.2 Å². The van der Waals surface area contributed by atoms with Gasteiger partial charge in [0.2, 0.25) is 5.88 Å². The first-order valence-electron chi connectivity index (χ1n) is 10.1. The minimum atomic E-state index is 0.650. The maximum Gasteiger partial charge on any atom is 0.214 e. The molecule has 0 radical (unpaired) electrons. The number of hydrogen-bond acceptors (Lipinski definition) is 6. The fourth-order valence-corrected chi connectivity index (χ4v) is 4.09. The average molecular weight is 400 g/mol. The molecule has 0 atom stereocenters. The molecule has 3 aromatic heterocycles. The number of piperazine rings is 1. The van der Waals surface area contributed by atoms with Gasteiger partial charge in [0.05, 0.1) is 18.8 Å². The Morgan fingerprint density at radius 3 is 2.60 bits per heavy atom. The smallest absolute Gasteiger partial charge is 0.214 e. The summed E-state index contributed by atoms with van der Waals surface area (Å²) in [7, 11) is 1.65. The van der Waals surface area contributed by atoms with Crippen LogP contribution in [0.3, 0.4) is 0 Å². The summed E-state index contributed by atoms with van der Waals surface area (Å²) in [6.45, 7) is 5.71. The normalized spacial score (nSPS) is 14.3. The maximum atomic E-state index is 5.27. The lowest BCUT2D eigenvalue weighted by molar-refractivity contribution is 0.397. The summed E-state index contributed by atoms with van der Waals surface area (Å²) in [6, 6.07) is 14.5. The molecule has 1 aromatic carbocycles. The molecule has 7 heteroatoms. The Bertz CT molecular complexity index is 1180. The van der Waals surface area contributed by atoms with Gasteiger partial charge >= 0.3 is 0 Å². The fraction of sp³-hybridized carbons (Fsp3) is 0.261. The highest BCUT2D eigenvalue weighted by Crippen LogP contribution is 2.31. The summed E-state index contributed by atoms with van der Waals surface area (Å²) in [5.74, 6) is 1.61. The Morgan fingerprint density at radius 1 is 1.00 bits per heavy atom. The SMILES string of the molecule is COc1cccc(N2CCN(c3ccnc4ccc(-c5cn[nH]c5C)cc34)CC2)n1. The van der Waals surface area contributed by atoms with Crippen molar-refractivity contribution in [3.05, 3.63) is 60.6 Å². The first-order valence-corrected chi connectivity index (χ1v) is 10.1. The fourth-order valence-electron chi connectivity index (χ4n) is 4.09. The zero-order valence-electron chi connectivity index (χ0n) is 17.2. The summed E-state index contributed by atoms with van der Waals surface area (Å²) in [5, 5.41) is 8.36. The zero-order valence-corrected chi connectivity index (χ0v) is 17.2. The van der Waals surface area contributed by atoms with Gasteiger partial charge in [0.15, 0.2) is 0 Å². The van der Waals surface area contributed by atoms with E-state index in [0.29, 0.717) is 5.88 Å². The second-order valence-electron chi connectivity index (χ2n) is 7.48. The second-order valence-corrected chi connectivity index (χ2v) is 7.48. The molecule has 4 heterocycles. The van der Waals surface area contributed by atoms with Crippen molar-refractivity contribution >= 4 is 22.4 Å². The molecule has 5 rings (SSSR count). The van der Waals surface area contributed by atoms with Crippen molar-refractivity contribution in [2.75, 3.05) is 43.1 Å². The van der Waals surface area contributed by atoms with E-state index in [1.165, 1.54) is 11.1 Å². The van der Waals surface area contributed by atoms with Crippen molar-refractivity contribution in [3.8, 4) is 17.0 Å². The van der Waals surface area contributed by atoms with E-state index in [4.69, 9.17) is 4.74 Å². The highest BCUT2D eigenvalue weighted by molar-refractivity contribution is 5.95. The molecule has 30 heavy (non-hydrogen) atoms. The van der Waals surface area contributed by atoms with Crippen molar-refractivity contribution in [1.29, 1.82) is 0 Å². The molecule has 1 fully saturated rings. The standard InChI is InChI=1S/C23H24N6O/c1-16-19(15-25-27-16)17-6-7-20-18(14-17)21(8-9-24-20)28-10-12-29(13-11-28)22-4-3-5-23(26-22)30-2/h3-9,14-15H,10-13H2,1-2H3,(H,25,27). The number of fused-ring (bicyclic) bond motifs is 1. The molecule has 0 amide bonds. The van der Waals surface area contributed by atoms with Crippen LogP contribution in [0.4, 0.5) is 11.5 Å². The van der Waals surface area contributed by atoms with Crippen LogP contribution in [-0.2, 0) is 0 Å². The Hall–Kier alpha value is -3.61. The van der Waals surface area contributed by atoms with Gasteiger partial charge in [-0.3, -0.25) is 10.1 Å². The number of ether oxygens (including phenoxy) is 1. The van der Waals surface area contributed by atoms with Crippen molar-refractivity contribution in [1.82, 2.24) is 20.2 Å². The van der Waals surface area contributed by atoms with Crippen LogP contribution < -0.4 is 14.5 Å². The van der Waals surface area contributed by atoms with Gasteiger partial charge in [-0.2, -0.15) is 10.1 Å². The number of methoxy groups -OCH3 is 1. The summed E-state index contributed by atoms with van der Waals surface area (Å²) in [6.07, 6.45) is 3.78. The van der Waals surface area contributed by atoms with Gasteiger partial charge in [-0.1, -0.05) is 12.1 Å². The van der Waals surface area contributed by atoms with Crippen molar-refractivity contribution < 1.29 is 4.74 Å². The van der Waals surface area contributed by atoms with Gasteiger partial charge in [0.1, 0.15) is 5.82 Å². The average Bonchev–Trinajstić information content (AvgIpc) is 3.24. The number of H-pyrrole nitrogens is 1. The number of aromatic nitrogens is 4. The van der Waals surface area contributed by atoms with E-state index in [9.17, 15) is 0 Å². The van der Waals surface area contributed by atoms with Crippen LogP contribution in [0.25, 0.3) is 22.0 Å². The lowest BCUT2D eigenvalue weighted by Crippen LogP contribution is -2.46. The topological polar surface area (TPSA) is 70.2 Å². The van der Waals surface area contributed by atoms with Gasteiger partial charge in [0, 0.05) is 60.8 Å². The number of rotatable bonds is 4. The number of aryl methyl sites for hydroxylation is 1. The van der Waals surface area contributed by atoms with Crippen LogP contribution in [0.15, 0.2) is 54.9 Å². The first kappa shape index (κ1) is 18.4. The molecule has 7 nitrogen and oxygen atoms in total. The lowest BCUT2D eigenvalue weighted by Gasteiger charge is -2.37. The molecule has 0 unspecified atom stereocenters. The summed E-state index contributed by atoms with van der Waals surface area (Å²) >= 11 is 0. The van der Waals surface area contributed by atoms with Crippen molar-refractivity contribution in [2.24, 2.45) is 0 Å². The van der Waals surface area contributed by atoms with E-state index >= 15 is 0 Å². The van der Waals surface area contributed by atoms with E-state index in [0.717, 1.165) is 54.3 Å². The third-order valence-corrected chi connectivity index (χ3v) is 5.72. The predicted octanol–water partition coefficient (Wildman–Crippen LogP) is 3.66. The van der Waals surface area contributed by atoms with Gasteiger partial charge in [-0.25, -0.2) is 0 Å². The Labute approximate surface area is 175 Å². The van der Waals surface area contributed by atoms with Crippen LogP contribution in [0.2, 0.25) is 0 Å². The molecular weight excluding hydrogens is 376 g/mol. The number of nitrogens with one attached hydrogen (secondary N) is 1. The van der Waals surface area contributed by atoms with E-state index in [1.807, 2.05) is 37.5 Å². The quantitative estimate of drug-likeness (QED) is 0.564. The molecule has 0 spiro atoms. The van der Waals surface area contributed by atoms with E-state index in [-0.39, 0.29) is 0 Å². The number of nitrogens with zero attached hydrogens (tertiary/aromatic N) is 5. The third-order valence-electron chi connectivity index (χ3n) is 5.72. The molecule has 0 aliphatic carbocycles. The number of benzene rings is 1. The van der Waals surface area contributed by atoms with Gasteiger partial charge in [-0.15, -0.1) is 0 Å². The Morgan fingerprint density at radius 2 is 1.83 bits per heavy atom. The largest absolute Gasteiger partial charge is 0.481 e. The van der Waals surface area contributed by atoms with Crippen LogP contribution in [-0.4, -0.2) is 53.5 Å². The first-order chi connectivity index (χ1) is 14.7. The van der Waals surface area contributed by atoms with Crippen molar-refractivity contribution in [2.45, 2.75) is 6.92 Å². The summed E-state index contributed by atoms with van der Waals surface area (Å²) in [5.41, 5.74) is 5.58. The number of pyridine rings is 2. The lowest BCUT2D eigenvalue weighted by atomic mass is 10.0. The van der Waals surface area contributed by atoms with E-state index in [1.54, 1.807) is 7.11 Å². The minimum absolute atomic E-state index is 0.650. The number of hydrogen-bond donors (Lipinski definition) is 1. The van der Waals surface area contributed by atoms with E-state index < -0.39 is 0 Å². The highest BCUT2D eigenvalue weighted by atomic mass is 16.5. The second kappa shape index (κ2) is 7.67. The maximum absolute atomic E-state index is 5.27. The Balaban J connectivity index is 1.42. The van der Waals surface area contributed by atoms with Crippen LogP contribution in [0, 0.1) is 6.92 Å². The predicted molar refractivity (Wildman–Crippen MR) is 119 cm³/mol. The summed E-state index contributed by atoms with van der Waals surface area (Å²) < 4.78 is 5.27. The molecular formula is C23H24N6O. The van der Waals surface area contributed by atoms with Crippen molar-refractivity contribution in [3.63, 3.8) is 0 Å². The van der Waals surface area contributed by atoms with Crippen LogP contribution in [0.5, 0.6) is 5.88 Å². The monoisotopic (exact) mass is 400 g/mol. The molecule has 1 saturated heterocycles. The number of aromatic amines is 1. The molecule has 1 aliphatic rings.